The third-order valence-electron chi connectivity index (χ3n) is 8.40. The fourth-order valence-corrected chi connectivity index (χ4v) is 6.53. The predicted octanol–water partition coefficient (Wildman–Crippen LogP) is 4.81. The molecule has 0 spiro atoms. The van der Waals surface area contributed by atoms with Crippen molar-refractivity contribution >= 4 is 5.91 Å². The van der Waals surface area contributed by atoms with Crippen molar-refractivity contribution in [3.8, 4) is 5.75 Å². The van der Waals surface area contributed by atoms with E-state index in [-0.39, 0.29) is 16.7 Å². The van der Waals surface area contributed by atoms with Gasteiger partial charge in [-0.2, -0.15) is 0 Å². The number of nitrogens with one attached hydrogen (secondary N) is 2. The molecule has 6 nitrogen and oxygen atoms in total. The Morgan fingerprint density at radius 3 is 2.56 bits per heavy atom. The summed E-state index contributed by atoms with van der Waals surface area (Å²) in [4.78, 5) is 12.8. The number of hydrogen-bond acceptors (Lipinski definition) is 5. The van der Waals surface area contributed by atoms with E-state index in [0.29, 0.717) is 24.9 Å². The molecule has 0 bridgehead atoms. The van der Waals surface area contributed by atoms with E-state index in [9.17, 15) is 9.90 Å². The molecule has 4 atom stereocenters. The lowest BCUT2D eigenvalue weighted by molar-refractivity contribution is -0.123. The summed E-state index contributed by atoms with van der Waals surface area (Å²) in [7, 11) is 1.68. The van der Waals surface area contributed by atoms with Crippen molar-refractivity contribution in [2.24, 2.45) is 16.7 Å². The minimum absolute atomic E-state index is 0.0137. The first-order valence-electron chi connectivity index (χ1n) is 12.5. The number of furan rings is 1. The Kier molecular flexibility index (Phi) is 7.11. The first kappa shape index (κ1) is 24.8. The van der Waals surface area contributed by atoms with Gasteiger partial charge in [-0.3, -0.25) is 4.79 Å². The highest BCUT2D eigenvalue weighted by molar-refractivity contribution is 5.75. The van der Waals surface area contributed by atoms with E-state index < -0.39 is 5.60 Å². The van der Waals surface area contributed by atoms with Crippen LogP contribution in [0.5, 0.6) is 5.75 Å². The zero-order chi connectivity index (χ0) is 24.4. The molecule has 0 radical (unpaired) electrons. The van der Waals surface area contributed by atoms with Gasteiger partial charge in [-0.05, 0) is 85.6 Å². The van der Waals surface area contributed by atoms with Gasteiger partial charge >= 0.3 is 0 Å². The largest absolute Gasteiger partial charge is 0.497 e. The number of rotatable bonds is 9. The lowest BCUT2D eigenvalue weighted by atomic mass is 9.57. The maximum Gasteiger partial charge on any atom is 0.220 e. The molecule has 1 aromatic heterocycles. The highest BCUT2D eigenvalue weighted by Gasteiger charge is 2.61. The first-order chi connectivity index (χ1) is 16.1. The van der Waals surface area contributed by atoms with Crippen LogP contribution in [0.4, 0.5) is 0 Å². The second kappa shape index (κ2) is 9.74. The van der Waals surface area contributed by atoms with Crippen LogP contribution in [0.25, 0.3) is 0 Å². The molecule has 2 saturated carbocycles. The van der Waals surface area contributed by atoms with Crippen LogP contribution >= 0.6 is 0 Å². The van der Waals surface area contributed by atoms with E-state index in [1.807, 2.05) is 31.2 Å². The van der Waals surface area contributed by atoms with Crippen molar-refractivity contribution in [3.63, 3.8) is 0 Å². The third-order valence-corrected chi connectivity index (χ3v) is 8.40. The minimum Gasteiger partial charge on any atom is -0.497 e. The van der Waals surface area contributed by atoms with Crippen molar-refractivity contribution in [3.05, 3.63) is 54.0 Å². The summed E-state index contributed by atoms with van der Waals surface area (Å²) < 4.78 is 10.6. The first-order valence-corrected chi connectivity index (χ1v) is 12.5. The van der Waals surface area contributed by atoms with Gasteiger partial charge in [0.25, 0.3) is 0 Å². The summed E-state index contributed by atoms with van der Waals surface area (Å²) in [5.41, 5.74) is 0.654. The molecule has 4 unspecified atom stereocenters. The standard InChI is InChI=1S/C28H40N2O4/c1-26(2)17-24(29-18-20-7-9-21(33-4)10-8-20)28(14-13-27(3,32)16-23(26)28)12-11-25(31)30-19-22-6-5-15-34-22/h5-10,15,23-24,29,32H,11-14,16-19H2,1-4H3,(H,30,31). The maximum atomic E-state index is 12.8. The molecule has 1 amide bonds. The molecule has 2 aliphatic carbocycles. The Morgan fingerprint density at radius 1 is 1.12 bits per heavy atom. The van der Waals surface area contributed by atoms with Crippen LogP contribution in [-0.4, -0.2) is 29.8 Å². The number of hydrogen-bond donors (Lipinski definition) is 3. The molecular weight excluding hydrogens is 428 g/mol. The molecular formula is C28H40N2O4. The molecule has 6 heteroatoms. The maximum absolute atomic E-state index is 12.8. The van der Waals surface area contributed by atoms with Crippen LogP contribution in [0.3, 0.4) is 0 Å². The van der Waals surface area contributed by atoms with Gasteiger partial charge in [0.2, 0.25) is 5.91 Å². The second-order valence-electron chi connectivity index (χ2n) is 11.3. The Labute approximate surface area is 203 Å². The summed E-state index contributed by atoms with van der Waals surface area (Å²) in [5.74, 6) is 2.03. The molecule has 1 heterocycles. The SMILES string of the molecule is COc1ccc(CNC2CC(C)(C)C3CC(C)(O)CCC23CCC(=O)NCc2ccco2)cc1. The van der Waals surface area contributed by atoms with Gasteiger partial charge in [-0.1, -0.05) is 26.0 Å². The molecule has 186 valence electrons. The van der Waals surface area contributed by atoms with Crippen LogP contribution in [0.2, 0.25) is 0 Å². The highest BCUT2D eigenvalue weighted by atomic mass is 16.5. The second-order valence-corrected chi connectivity index (χ2v) is 11.3. The van der Waals surface area contributed by atoms with Crippen molar-refractivity contribution in [2.75, 3.05) is 7.11 Å². The quantitative estimate of drug-likeness (QED) is 0.492. The summed E-state index contributed by atoms with van der Waals surface area (Å²) in [6.45, 7) is 7.84. The van der Waals surface area contributed by atoms with E-state index >= 15 is 0 Å². The molecule has 34 heavy (non-hydrogen) atoms. The predicted molar refractivity (Wildman–Crippen MR) is 132 cm³/mol. The third kappa shape index (κ3) is 5.33. The fourth-order valence-electron chi connectivity index (χ4n) is 6.53. The number of aliphatic hydroxyl groups is 1. The molecule has 3 N–H and O–H groups in total. The van der Waals surface area contributed by atoms with E-state index in [1.54, 1.807) is 13.4 Å². The van der Waals surface area contributed by atoms with E-state index in [1.165, 1.54) is 5.56 Å². The zero-order valence-corrected chi connectivity index (χ0v) is 21.0. The number of amides is 1. The monoisotopic (exact) mass is 468 g/mol. The number of fused-ring (bicyclic) bond motifs is 1. The summed E-state index contributed by atoms with van der Waals surface area (Å²) in [5, 5.41) is 17.8. The van der Waals surface area contributed by atoms with Crippen molar-refractivity contribution in [1.29, 1.82) is 0 Å². The number of ether oxygens (including phenoxy) is 1. The average molecular weight is 469 g/mol. The number of carbonyl (C=O) groups excluding carboxylic acids is 1. The minimum atomic E-state index is -0.641. The van der Waals surface area contributed by atoms with Gasteiger partial charge in [-0.15, -0.1) is 0 Å². The van der Waals surface area contributed by atoms with Gasteiger partial charge in [0.05, 0.1) is 25.5 Å². The van der Waals surface area contributed by atoms with E-state index in [0.717, 1.165) is 50.2 Å². The topological polar surface area (TPSA) is 83.7 Å². The fraction of sp³-hybridized carbons (Fsp3) is 0.607. The van der Waals surface area contributed by atoms with Crippen molar-refractivity contribution in [2.45, 2.75) is 84.0 Å². The Morgan fingerprint density at radius 2 is 1.88 bits per heavy atom. The molecule has 2 fully saturated rings. The van der Waals surface area contributed by atoms with E-state index in [4.69, 9.17) is 9.15 Å². The Balaban J connectivity index is 1.48. The summed E-state index contributed by atoms with van der Waals surface area (Å²) in [6.07, 6.45) is 6.46. The van der Waals surface area contributed by atoms with Crippen molar-refractivity contribution < 1.29 is 19.1 Å². The molecule has 2 aromatic rings. The zero-order valence-electron chi connectivity index (χ0n) is 21.0. The van der Waals surface area contributed by atoms with Crippen LogP contribution in [-0.2, 0) is 17.9 Å². The van der Waals surface area contributed by atoms with Crippen LogP contribution in [0.1, 0.15) is 70.6 Å². The van der Waals surface area contributed by atoms with Crippen LogP contribution < -0.4 is 15.4 Å². The molecule has 0 aliphatic heterocycles. The molecule has 2 aliphatic rings. The van der Waals surface area contributed by atoms with Crippen molar-refractivity contribution in [1.82, 2.24) is 10.6 Å². The van der Waals surface area contributed by atoms with Gasteiger partial charge in [-0.25, -0.2) is 0 Å². The van der Waals surface area contributed by atoms with Crippen LogP contribution in [0.15, 0.2) is 47.1 Å². The number of methoxy groups -OCH3 is 1. The molecule has 1 aromatic carbocycles. The van der Waals surface area contributed by atoms with Gasteiger partial charge < -0.3 is 24.9 Å². The lowest BCUT2D eigenvalue weighted by Crippen LogP contribution is -2.51. The number of carbonyl (C=O) groups is 1. The number of benzene rings is 1. The highest BCUT2D eigenvalue weighted by Crippen LogP contribution is 2.63. The molecule has 0 saturated heterocycles. The average Bonchev–Trinajstić information content (AvgIpc) is 3.40. The van der Waals surface area contributed by atoms with Gasteiger partial charge in [0, 0.05) is 19.0 Å². The smallest absolute Gasteiger partial charge is 0.220 e. The van der Waals surface area contributed by atoms with Crippen LogP contribution in [0, 0.1) is 16.7 Å². The lowest BCUT2D eigenvalue weighted by Gasteiger charge is -2.51. The van der Waals surface area contributed by atoms with E-state index in [2.05, 4.69) is 36.6 Å². The Hall–Kier alpha value is -2.31. The molecule has 4 rings (SSSR count). The summed E-state index contributed by atoms with van der Waals surface area (Å²) in [6, 6.07) is 12.2. The van der Waals surface area contributed by atoms with Gasteiger partial charge in [0.1, 0.15) is 11.5 Å². The Bertz CT molecular complexity index is 951. The normalized spacial score (nSPS) is 30.0. The van der Waals surface area contributed by atoms with Gasteiger partial charge in [0.15, 0.2) is 0 Å². The summed E-state index contributed by atoms with van der Waals surface area (Å²) >= 11 is 0.